The van der Waals surface area contributed by atoms with Gasteiger partial charge >= 0.3 is 12.1 Å². The Balaban J connectivity index is 1.96. The van der Waals surface area contributed by atoms with Crippen molar-refractivity contribution in [1.29, 1.82) is 0 Å². The number of rotatable bonds is 8. The number of halogens is 1. The molecule has 1 aliphatic heterocycles. The number of methoxy groups -OCH3 is 1. The van der Waals surface area contributed by atoms with Gasteiger partial charge in [0.05, 0.1) is 25.3 Å². The molecule has 28 heavy (non-hydrogen) atoms. The maximum Gasteiger partial charge on any atom is 0.416 e. The summed E-state index contributed by atoms with van der Waals surface area (Å²) in [6.07, 6.45) is 1.88. The number of ether oxygens (including phenoxy) is 4. The quantitative estimate of drug-likeness (QED) is 0.479. The lowest BCUT2D eigenvalue weighted by Gasteiger charge is -2.14. The summed E-state index contributed by atoms with van der Waals surface area (Å²) in [4.78, 5) is 35.8. The Morgan fingerprint density at radius 3 is 2.71 bits per heavy atom. The van der Waals surface area contributed by atoms with Crippen LogP contribution in [0, 0.1) is 5.92 Å². The lowest BCUT2D eigenvalue weighted by atomic mass is 10.2. The van der Waals surface area contributed by atoms with Gasteiger partial charge in [0, 0.05) is 6.08 Å². The van der Waals surface area contributed by atoms with Crippen molar-refractivity contribution < 1.29 is 33.3 Å². The summed E-state index contributed by atoms with van der Waals surface area (Å²) in [5.74, 6) is -0.193. The van der Waals surface area contributed by atoms with Crippen LogP contribution in [0.5, 0.6) is 11.5 Å². The van der Waals surface area contributed by atoms with E-state index in [1.165, 1.54) is 13.2 Å². The molecular formula is C19H22ClNO7. The summed E-state index contributed by atoms with van der Waals surface area (Å²) < 4.78 is 20.5. The molecule has 0 unspecified atom stereocenters. The van der Waals surface area contributed by atoms with Crippen LogP contribution in [0.25, 0.3) is 6.08 Å². The summed E-state index contributed by atoms with van der Waals surface area (Å²) in [6.45, 7) is 4.24. The second-order valence-electron chi connectivity index (χ2n) is 6.34. The highest BCUT2D eigenvalue weighted by molar-refractivity contribution is 6.32. The molecule has 0 aromatic heterocycles. The second kappa shape index (κ2) is 9.98. The van der Waals surface area contributed by atoms with Crippen LogP contribution in [0.2, 0.25) is 5.02 Å². The fourth-order valence-electron chi connectivity index (χ4n) is 2.27. The van der Waals surface area contributed by atoms with Crippen molar-refractivity contribution in [3.63, 3.8) is 0 Å². The number of benzene rings is 1. The topological polar surface area (TPSA) is 91.4 Å². The summed E-state index contributed by atoms with van der Waals surface area (Å²) in [5.41, 5.74) is 0.588. The SMILES string of the molecule is COc1cc(/C=C/C(=O)OCC(=O)N2CCOC2=O)cc(Cl)c1OCC(C)C. The van der Waals surface area contributed by atoms with E-state index in [-0.39, 0.29) is 13.2 Å². The van der Waals surface area contributed by atoms with Crippen molar-refractivity contribution in [2.75, 3.05) is 33.5 Å². The van der Waals surface area contributed by atoms with Crippen LogP contribution in [0.1, 0.15) is 19.4 Å². The maximum absolute atomic E-state index is 11.8. The molecule has 1 saturated heterocycles. The third-order valence-corrected chi connectivity index (χ3v) is 3.91. The van der Waals surface area contributed by atoms with Gasteiger partial charge in [0.1, 0.15) is 6.61 Å². The van der Waals surface area contributed by atoms with Gasteiger partial charge in [-0.05, 0) is 29.7 Å². The molecule has 1 fully saturated rings. The molecule has 0 bridgehead atoms. The molecule has 8 nitrogen and oxygen atoms in total. The van der Waals surface area contributed by atoms with Crippen LogP contribution >= 0.6 is 11.6 Å². The lowest BCUT2D eigenvalue weighted by molar-refractivity contribution is -0.146. The number of carbonyl (C=O) groups is 3. The van der Waals surface area contributed by atoms with Gasteiger partial charge in [-0.2, -0.15) is 0 Å². The van der Waals surface area contributed by atoms with Crippen LogP contribution in [-0.4, -0.2) is 56.3 Å². The average Bonchev–Trinajstić information content (AvgIpc) is 3.08. The Labute approximate surface area is 167 Å². The minimum absolute atomic E-state index is 0.137. The van der Waals surface area contributed by atoms with Crippen molar-refractivity contribution in [2.45, 2.75) is 13.8 Å². The molecule has 0 saturated carbocycles. The van der Waals surface area contributed by atoms with Crippen molar-refractivity contribution >= 4 is 35.6 Å². The Hall–Kier alpha value is -2.74. The van der Waals surface area contributed by atoms with E-state index in [1.807, 2.05) is 13.8 Å². The molecule has 1 aromatic carbocycles. The van der Waals surface area contributed by atoms with E-state index < -0.39 is 24.6 Å². The van der Waals surface area contributed by atoms with Gasteiger partial charge in [-0.1, -0.05) is 25.4 Å². The first-order valence-electron chi connectivity index (χ1n) is 8.64. The number of hydrogen-bond acceptors (Lipinski definition) is 7. The smallest absolute Gasteiger partial charge is 0.416 e. The minimum Gasteiger partial charge on any atom is -0.493 e. The molecule has 1 heterocycles. The molecule has 1 aromatic rings. The van der Waals surface area contributed by atoms with Crippen molar-refractivity contribution in [3.8, 4) is 11.5 Å². The number of carbonyl (C=O) groups excluding carboxylic acids is 3. The van der Waals surface area contributed by atoms with Gasteiger partial charge < -0.3 is 18.9 Å². The monoisotopic (exact) mass is 411 g/mol. The second-order valence-corrected chi connectivity index (χ2v) is 6.75. The Morgan fingerprint density at radius 1 is 1.36 bits per heavy atom. The number of hydrogen-bond donors (Lipinski definition) is 0. The largest absolute Gasteiger partial charge is 0.493 e. The first-order valence-corrected chi connectivity index (χ1v) is 9.02. The van der Waals surface area contributed by atoms with Crippen molar-refractivity contribution in [2.24, 2.45) is 5.92 Å². The van der Waals surface area contributed by atoms with Gasteiger partial charge in [0.15, 0.2) is 18.1 Å². The number of amides is 2. The molecule has 9 heteroatoms. The van der Waals surface area contributed by atoms with E-state index in [0.717, 1.165) is 11.0 Å². The highest BCUT2D eigenvalue weighted by Gasteiger charge is 2.28. The van der Waals surface area contributed by atoms with Crippen LogP contribution in [0.3, 0.4) is 0 Å². The van der Waals surface area contributed by atoms with Crippen molar-refractivity contribution in [3.05, 3.63) is 28.8 Å². The molecular weight excluding hydrogens is 390 g/mol. The van der Waals surface area contributed by atoms with Crippen molar-refractivity contribution in [1.82, 2.24) is 4.90 Å². The van der Waals surface area contributed by atoms with E-state index in [4.69, 9.17) is 25.8 Å². The third kappa shape index (κ3) is 5.88. The van der Waals surface area contributed by atoms with Gasteiger partial charge in [-0.15, -0.1) is 0 Å². The zero-order chi connectivity index (χ0) is 20.7. The van der Waals surface area contributed by atoms with Crippen LogP contribution < -0.4 is 9.47 Å². The normalized spacial score (nSPS) is 13.8. The van der Waals surface area contributed by atoms with E-state index in [0.29, 0.717) is 34.6 Å². The van der Waals surface area contributed by atoms with Gasteiger partial charge in [0.2, 0.25) is 0 Å². The fourth-order valence-corrected chi connectivity index (χ4v) is 2.54. The van der Waals surface area contributed by atoms with E-state index in [1.54, 1.807) is 12.1 Å². The highest BCUT2D eigenvalue weighted by atomic mass is 35.5. The molecule has 0 N–H and O–H groups in total. The first-order chi connectivity index (χ1) is 13.3. The average molecular weight is 412 g/mol. The summed E-state index contributed by atoms with van der Waals surface area (Å²) >= 11 is 6.25. The number of nitrogens with zero attached hydrogens (tertiary/aromatic N) is 1. The molecule has 152 valence electrons. The number of esters is 1. The molecule has 2 rings (SSSR count). The molecule has 0 atom stereocenters. The molecule has 1 aliphatic rings. The number of imide groups is 1. The van der Waals surface area contributed by atoms with Crippen LogP contribution in [-0.2, 0) is 19.1 Å². The fraction of sp³-hybridized carbons (Fsp3) is 0.421. The Morgan fingerprint density at radius 2 is 2.11 bits per heavy atom. The maximum atomic E-state index is 11.8. The Bertz CT molecular complexity index is 776. The van der Waals surface area contributed by atoms with Gasteiger partial charge in [-0.3, -0.25) is 4.79 Å². The zero-order valence-corrected chi connectivity index (χ0v) is 16.7. The van der Waals surface area contributed by atoms with Gasteiger partial charge in [-0.25, -0.2) is 14.5 Å². The minimum atomic E-state index is -0.740. The molecule has 2 amide bonds. The first kappa shape index (κ1) is 21.6. The van der Waals surface area contributed by atoms with Crippen LogP contribution in [0.4, 0.5) is 4.79 Å². The standard InChI is InChI=1S/C19H22ClNO7/c1-12(2)10-28-18-14(20)8-13(9-15(18)25-3)4-5-17(23)27-11-16(22)21-6-7-26-19(21)24/h4-5,8-9,12H,6-7,10-11H2,1-3H3/b5-4+. The van der Waals surface area contributed by atoms with Gasteiger partial charge in [0.25, 0.3) is 5.91 Å². The summed E-state index contributed by atoms with van der Waals surface area (Å²) in [6, 6.07) is 3.28. The van der Waals surface area contributed by atoms with E-state index >= 15 is 0 Å². The molecule has 0 radical (unpaired) electrons. The third-order valence-electron chi connectivity index (χ3n) is 3.62. The summed E-state index contributed by atoms with van der Waals surface area (Å²) in [7, 11) is 1.49. The van der Waals surface area contributed by atoms with Crippen LogP contribution in [0.15, 0.2) is 18.2 Å². The van der Waals surface area contributed by atoms with E-state index in [2.05, 4.69) is 4.74 Å². The number of cyclic esters (lactones) is 1. The molecule has 0 aliphatic carbocycles. The highest BCUT2D eigenvalue weighted by Crippen LogP contribution is 2.37. The lowest BCUT2D eigenvalue weighted by Crippen LogP contribution is -2.35. The summed E-state index contributed by atoms with van der Waals surface area (Å²) in [5, 5.41) is 0.343. The zero-order valence-electron chi connectivity index (χ0n) is 15.9. The predicted octanol–water partition coefficient (Wildman–Crippen LogP) is 2.92. The Kier molecular flexibility index (Phi) is 7.69. The van der Waals surface area contributed by atoms with E-state index in [9.17, 15) is 14.4 Å². The molecule has 0 spiro atoms. The predicted molar refractivity (Wildman–Crippen MR) is 101 cm³/mol.